The minimum atomic E-state index is -0.586. The third-order valence-corrected chi connectivity index (χ3v) is 4.27. The molecular formula is C16H17NO6. The number of hydrogen-bond acceptors (Lipinski definition) is 7. The van der Waals surface area contributed by atoms with Crippen molar-refractivity contribution in [3.8, 4) is 0 Å². The molecule has 0 amide bonds. The molecule has 0 spiro atoms. The Kier molecular flexibility index (Phi) is 3.91. The zero-order chi connectivity index (χ0) is 16.7. The van der Waals surface area contributed by atoms with E-state index in [1.807, 2.05) is 0 Å². The first-order valence-corrected chi connectivity index (χ1v) is 7.36. The van der Waals surface area contributed by atoms with Crippen molar-refractivity contribution in [2.24, 2.45) is 0 Å². The van der Waals surface area contributed by atoms with E-state index in [2.05, 4.69) is 4.74 Å². The highest BCUT2D eigenvalue weighted by Gasteiger charge is 2.43. The van der Waals surface area contributed by atoms with Gasteiger partial charge in [0.25, 0.3) is 0 Å². The van der Waals surface area contributed by atoms with Crippen molar-refractivity contribution in [3.05, 3.63) is 34.7 Å². The van der Waals surface area contributed by atoms with Crippen LogP contribution in [-0.2, 0) is 23.9 Å². The third-order valence-electron chi connectivity index (χ3n) is 4.27. The van der Waals surface area contributed by atoms with E-state index in [9.17, 15) is 19.6 Å². The van der Waals surface area contributed by atoms with E-state index < -0.39 is 18.2 Å². The van der Waals surface area contributed by atoms with Crippen LogP contribution in [0.4, 0.5) is 0 Å². The smallest absolute Gasteiger partial charge is 0.308 e. The van der Waals surface area contributed by atoms with Crippen LogP contribution >= 0.6 is 0 Å². The summed E-state index contributed by atoms with van der Waals surface area (Å²) in [4.78, 5) is 36.8. The molecule has 23 heavy (non-hydrogen) atoms. The van der Waals surface area contributed by atoms with Gasteiger partial charge in [-0.2, -0.15) is 0 Å². The number of nitrogens with zero attached hydrogens (tertiary/aromatic N) is 1. The second kappa shape index (κ2) is 5.75. The van der Waals surface area contributed by atoms with Gasteiger partial charge in [-0.25, -0.2) is 5.06 Å². The van der Waals surface area contributed by atoms with Crippen molar-refractivity contribution in [3.63, 3.8) is 0 Å². The largest absolute Gasteiger partial charge is 0.469 e. The van der Waals surface area contributed by atoms with Gasteiger partial charge >= 0.3 is 5.97 Å². The van der Waals surface area contributed by atoms with Crippen LogP contribution in [0.5, 0.6) is 0 Å². The molecule has 2 atom stereocenters. The minimum absolute atomic E-state index is 0.00201. The van der Waals surface area contributed by atoms with Gasteiger partial charge in [-0.3, -0.25) is 19.6 Å². The van der Waals surface area contributed by atoms with Gasteiger partial charge in [0.2, 0.25) is 5.78 Å². The van der Waals surface area contributed by atoms with Gasteiger partial charge in [-0.15, -0.1) is 0 Å². The Morgan fingerprint density at radius 3 is 2.83 bits per heavy atom. The normalized spacial score (nSPS) is 27.2. The van der Waals surface area contributed by atoms with Crippen molar-refractivity contribution in [1.29, 1.82) is 0 Å². The fourth-order valence-corrected chi connectivity index (χ4v) is 3.24. The molecule has 1 aliphatic carbocycles. The standard InChI is InChI=1S/C16H17NO6/c1-8-13-11(6-9(23-8)7-12(18)22-2)16(20)14-10(15(13)19)4-3-5-17(14)21/h3,5,8-9,21H,4,6-7H2,1-2H3/t8-,9-/m0/s1. The highest BCUT2D eigenvalue weighted by molar-refractivity contribution is 6.25. The average molecular weight is 319 g/mol. The van der Waals surface area contributed by atoms with E-state index in [1.165, 1.54) is 13.3 Å². The van der Waals surface area contributed by atoms with E-state index in [-0.39, 0.29) is 35.7 Å². The van der Waals surface area contributed by atoms with E-state index in [1.54, 1.807) is 13.0 Å². The Bertz CT molecular complexity index is 687. The first-order valence-electron chi connectivity index (χ1n) is 7.36. The molecule has 2 heterocycles. The Morgan fingerprint density at radius 1 is 1.39 bits per heavy atom. The molecule has 0 aromatic heterocycles. The number of hydroxylamine groups is 2. The Balaban J connectivity index is 1.94. The lowest BCUT2D eigenvalue weighted by atomic mass is 9.79. The van der Waals surface area contributed by atoms with Crippen LogP contribution < -0.4 is 0 Å². The molecule has 0 aromatic rings. The number of carbonyl (C=O) groups is 3. The van der Waals surface area contributed by atoms with Gasteiger partial charge in [-0.05, 0) is 13.3 Å². The molecule has 0 fully saturated rings. The summed E-state index contributed by atoms with van der Waals surface area (Å²) in [5, 5.41) is 10.6. The van der Waals surface area contributed by atoms with Gasteiger partial charge < -0.3 is 9.47 Å². The van der Waals surface area contributed by atoms with Crippen LogP contribution in [0.2, 0.25) is 0 Å². The quantitative estimate of drug-likeness (QED) is 0.600. The lowest BCUT2D eigenvalue weighted by Gasteiger charge is -2.36. The first kappa shape index (κ1) is 15.6. The molecular weight excluding hydrogens is 302 g/mol. The van der Waals surface area contributed by atoms with Crippen LogP contribution in [0.3, 0.4) is 0 Å². The Labute approximate surface area is 132 Å². The fourth-order valence-electron chi connectivity index (χ4n) is 3.24. The van der Waals surface area contributed by atoms with Gasteiger partial charge in [0.05, 0.1) is 25.7 Å². The van der Waals surface area contributed by atoms with Crippen molar-refractivity contribution < 1.29 is 29.1 Å². The maximum Gasteiger partial charge on any atom is 0.308 e. The maximum atomic E-state index is 12.7. The molecule has 7 nitrogen and oxygen atoms in total. The molecule has 1 N–H and O–H groups in total. The first-order chi connectivity index (χ1) is 10.9. The second-order valence-corrected chi connectivity index (χ2v) is 5.70. The van der Waals surface area contributed by atoms with Crippen molar-refractivity contribution in [2.75, 3.05) is 7.11 Å². The molecule has 0 radical (unpaired) electrons. The number of carbonyl (C=O) groups excluding carboxylic acids is 3. The Morgan fingerprint density at radius 2 is 2.13 bits per heavy atom. The zero-order valence-electron chi connectivity index (χ0n) is 12.9. The summed E-state index contributed by atoms with van der Waals surface area (Å²) in [5.74, 6) is -1.10. The monoisotopic (exact) mass is 319 g/mol. The number of ketones is 2. The second-order valence-electron chi connectivity index (χ2n) is 5.70. The van der Waals surface area contributed by atoms with Gasteiger partial charge in [0.15, 0.2) is 5.78 Å². The summed E-state index contributed by atoms with van der Waals surface area (Å²) in [6, 6.07) is 0. The number of hydrogen-bond donors (Lipinski definition) is 1. The van der Waals surface area contributed by atoms with Crippen molar-refractivity contribution in [2.45, 2.75) is 38.4 Å². The van der Waals surface area contributed by atoms with E-state index in [0.717, 1.165) is 0 Å². The fraction of sp³-hybridized carbons (Fsp3) is 0.438. The Hall–Kier alpha value is -2.25. The number of rotatable bonds is 2. The lowest BCUT2D eigenvalue weighted by molar-refractivity contribution is -0.145. The molecule has 7 heteroatoms. The summed E-state index contributed by atoms with van der Waals surface area (Å²) in [6.45, 7) is 1.69. The summed E-state index contributed by atoms with van der Waals surface area (Å²) in [5.41, 5.74) is 0.928. The van der Waals surface area contributed by atoms with Crippen molar-refractivity contribution in [1.82, 2.24) is 5.06 Å². The van der Waals surface area contributed by atoms with Gasteiger partial charge in [0.1, 0.15) is 5.70 Å². The van der Waals surface area contributed by atoms with Crippen LogP contribution in [0, 0.1) is 0 Å². The lowest BCUT2D eigenvalue weighted by Crippen LogP contribution is -2.41. The number of esters is 1. The van der Waals surface area contributed by atoms with E-state index in [4.69, 9.17) is 4.74 Å². The van der Waals surface area contributed by atoms with Crippen LogP contribution in [0.15, 0.2) is 34.7 Å². The summed E-state index contributed by atoms with van der Waals surface area (Å²) in [6.07, 6.45) is 2.31. The van der Waals surface area contributed by atoms with Gasteiger partial charge in [-0.1, -0.05) is 6.08 Å². The average Bonchev–Trinajstić information content (AvgIpc) is 2.51. The SMILES string of the molecule is COC(=O)C[C@@H]1CC2=C(C(=O)C3=C(C2=O)N(O)C=CC3)[C@H](C)O1. The maximum absolute atomic E-state index is 12.7. The van der Waals surface area contributed by atoms with Crippen LogP contribution in [0.1, 0.15) is 26.2 Å². The molecule has 3 aliphatic rings. The highest BCUT2D eigenvalue weighted by atomic mass is 16.5. The predicted octanol–water partition coefficient (Wildman–Crippen LogP) is 1.04. The van der Waals surface area contributed by atoms with E-state index >= 15 is 0 Å². The highest BCUT2D eigenvalue weighted by Crippen LogP contribution is 2.38. The molecule has 122 valence electrons. The summed E-state index contributed by atoms with van der Waals surface area (Å²) >= 11 is 0. The van der Waals surface area contributed by atoms with Gasteiger partial charge in [0, 0.05) is 29.3 Å². The molecule has 0 saturated heterocycles. The molecule has 0 unspecified atom stereocenters. The summed E-state index contributed by atoms with van der Waals surface area (Å²) in [7, 11) is 1.28. The topological polar surface area (TPSA) is 93.1 Å². The third kappa shape index (κ3) is 2.51. The number of allylic oxidation sites excluding steroid dienone is 3. The van der Waals surface area contributed by atoms with Crippen LogP contribution in [0.25, 0.3) is 0 Å². The molecule has 3 rings (SSSR count). The zero-order valence-corrected chi connectivity index (χ0v) is 12.9. The molecule has 2 aliphatic heterocycles. The number of methoxy groups -OCH3 is 1. The molecule has 0 bridgehead atoms. The summed E-state index contributed by atoms with van der Waals surface area (Å²) < 4.78 is 10.3. The van der Waals surface area contributed by atoms with Crippen molar-refractivity contribution >= 4 is 17.5 Å². The number of ether oxygens (including phenoxy) is 2. The van der Waals surface area contributed by atoms with E-state index in [0.29, 0.717) is 22.6 Å². The number of Topliss-reactive ketones (excluding diaryl/α,β-unsaturated/α-hetero) is 2. The minimum Gasteiger partial charge on any atom is -0.469 e. The van der Waals surface area contributed by atoms with Crippen LogP contribution in [-0.4, -0.2) is 47.1 Å². The predicted molar refractivity (Wildman–Crippen MR) is 77.0 cm³/mol. The molecule has 0 aromatic carbocycles. The molecule has 0 saturated carbocycles.